The Morgan fingerprint density at radius 3 is 2.39 bits per heavy atom. The highest BCUT2D eigenvalue weighted by atomic mass is 31.0. The summed E-state index contributed by atoms with van der Waals surface area (Å²) in [5.41, 5.74) is 1.30. The van der Waals surface area contributed by atoms with E-state index in [-0.39, 0.29) is 6.10 Å². The summed E-state index contributed by atoms with van der Waals surface area (Å²) in [5, 5.41) is 13.5. The minimum absolute atomic E-state index is 0.276. The summed E-state index contributed by atoms with van der Waals surface area (Å²) in [6.45, 7) is 6.00. The van der Waals surface area contributed by atoms with Gasteiger partial charge in [-0.1, -0.05) is 44.2 Å². The third-order valence-corrected chi connectivity index (χ3v) is 3.70. The molecule has 0 radical (unpaired) electrons. The summed E-state index contributed by atoms with van der Waals surface area (Å²) < 4.78 is 0. The lowest BCUT2D eigenvalue weighted by molar-refractivity contribution is 0.116. The molecule has 0 aromatic heterocycles. The van der Waals surface area contributed by atoms with E-state index in [9.17, 15) is 5.11 Å². The van der Waals surface area contributed by atoms with Crippen molar-refractivity contribution in [1.29, 1.82) is 0 Å². The minimum atomic E-state index is -0.276. The fraction of sp³-hybridized carbons (Fsp3) is 0.600. The zero-order valence-electron chi connectivity index (χ0n) is 11.5. The second-order valence-corrected chi connectivity index (χ2v) is 5.78. The molecule has 0 saturated heterocycles. The van der Waals surface area contributed by atoms with Crippen LogP contribution in [0.15, 0.2) is 30.3 Å². The van der Waals surface area contributed by atoms with Crippen molar-refractivity contribution in [1.82, 2.24) is 5.32 Å². The fourth-order valence-electron chi connectivity index (χ4n) is 1.98. The smallest absolute Gasteiger partial charge is 0.0699 e. The van der Waals surface area contributed by atoms with Gasteiger partial charge in [0.2, 0.25) is 0 Å². The molecule has 0 bridgehead atoms. The van der Waals surface area contributed by atoms with Crippen LogP contribution in [0.4, 0.5) is 0 Å². The van der Waals surface area contributed by atoms with Gasteiger partial charge in [-0.05, 0) is 36.5 Å². The van der Waals surface area contributed by atoms with Crippen LogP contribution in [-0.2, 0) is 6.42 Å². The number of benzene rings is 1. The van der Waals surface area contributed by atoms with Crippen molar-refractivity contribution in [3.8, 4) is 0 Å². The van der Waals surface area contributed by atoms with Crippen LogP contribution in [0.2, 0.25) is 0 Å². The first kappa shape index (κ1) is 15.6. The molecule has 0 saturated carbocycles. The normalized spacial score (nSPS) is 14.7. The largest absolute Gasteiger partial charge is 0.391 e. The van der Waals surface area contributed by atoms with E-state index in [0.717, 1.165) is 19.1 Å². The Labute approximate surface area is 113 Å². The predicted molar refractivity (Wildman–Crippen MR) is 81.9 cm³/mol. The SMILES string of the molecule is CC(C)CNC[C@@H](O)C(CP)Cc1ccccc1. The van der Waals surface area contributed by atoms with Crippen molar-refractivity contribution in [2.24, 2.45) is 11.8 Å². The number of aliphatic hydroxyl groups is 1. The van der Waals surface area contributed by atoms with E-state index in [1.807, 2.05) is 6.07 Å². The monoisotopic (exact) mass is 267 g/mol. The molecule has 0 aliphatic rings. The van der Waals surface area contributed by atoms with Gasteiger partial charge in [0.25, 0.3) is 0 Å². The van der Waals surface area contributed by atoms with Crippen molar-refractivity contribution >= 4 is 9.24 Å². The molecule has 0 spiro atoms. The van der Waals surface area contributed by atoms with E-state index in [4.69, 9.17) is 0 Å². The van der Waals surface area contributed by atoms with Crippen molar-refractivity contribution in [2.75, 3.05) is 19.3 Å². The highest BCUT2D eigenvalue weighted by Crippen LogP contribution is 2.15. The summed E-state index contributed by atoms with van der Waals surface area (Å²) in [6.07, 6.45) is 1.59. The molecule has 0 aliphatic heterocycles. The van der Waals surface area contributed by atoms with E-state index < -0.39 is 0 Å². The van der Waals surface area contributed by atoms with Gasteiger partial charge in [-0.3, -0.25) is 0 Å². The van der Waals surface area contributed by atoms with Crippen molar-refractivity contribution in [2.45, 2.75) is 26.4 Å². The Balaban J connectivity index is 2.40. The maximum atomic E-state index is 10.2. The molecule has 0 aliphatic carbocycles. The van der Waals surface area contributed by atoms with Gasteiger partial charge in [0, 0.05) is 6.54 Å². The number of hydrogen-bond donors (Lipinski definition) is 2. The summed E-state index contributed by atoms with van der Waals surface area (Å²) >= 11 is 0. The molecule has 2 N–H and O–H groups in total. The van der Waals surface area contributed by atoms with Crippen LogP contribution in [0, 0.1) is 11.8 Å². The van der Waals surface area contributed by atoms with E-state index in [0.29, 0.717) is 18.4 Å². The van der Waals surface area contributed by atoms with Gasteiger partial charge in [0.05, 0.1) is 6.10 Å². The molecule has 3 atom stereocenters. The second kappa shape index (κ2) is 8.63. The van der Waals surface area contributed by atoms with Gasteiger partial charge in [-0.2, -0.15) is 0 Å². The van der Waals surface area contributed by atoms with E-state index in [1.54, 1.807) is 0 Å². The summed E-state index contributed by atoms with van der Waals surface area (Å²) in [5.74, 6) is 0.929. The Kier molecular flexibility index (Phi) is 7.50. The van der Waals surface area contributed by atoms with E-state index >= 15 is 0 Å². The summed E-state index contributed by atoms with van der Waals surface area (Å²) in [4.78, 5) is 0. The second-order valence-electron chi connectivity index (χ2n) is 5.30. The summed E-state index contributed by atoms with van der Waals surface area (Å²) in [6, 6.07) is 10.4. The van der Waals surface area contributed by atoms with Crippen LogP contribution >= 0.6 is 9.24 Å². The van der Waals surface area contributed by atoms with Gasteiger partial charge in [-0.15, -0.1) is 9.24 Å². The zero-order chi connectivity index (χ0) is 13.4. The molecule has 0 fully saturated rings. The lowest BCUT2D eigenvalue weighted by atomic mass is 9.95. The Hall–Kier alpha value is -0.430. The Morgan fingerprint density at radius 2 is 1.83 bits per heavy atom. The van der Waals surface area contributed by atoms with Gasteiger partial charge < -0.3 is 10.4 Å². The minimum Gasteiger partial charge on any atom is -0.391 e. The number of nitrogens with one attached hydrogen (secondary N) is 1. The fourth-order valence-corrected chi connectivity index (χ4v) is 2.46. The number of hydrogen-bond acceptors (Lipinski definition) is 2. The topological polar surface area (TPSA) is 32.3 Å². The first-order valence-corrected chi connectivity index (χ1v) is 7.58. The molecule has 18 heavy (non-hydrogen) atoms. The first-order chi connectivity index (χ1) is 8.63. The average molecular weight is 267 g/mol. The highest BCUT2D eigenvalue weighted by molar-refractivity contribution is 7.16. The molecule has 2 nitrogen and oxygen atoms in total. The quantitative estimate of drug-likeness (QED) is 0.709. The average Bonchev–Trinajstić information content (AvgIpc) is 2.36. The van der Waals surface area contributed by atoms with Crippen LogP contribution in [0.5, 0.6) is 0 Å². The third kappa shape index (κ3) is 5.95. The zero-order valence-corrected chi connectivity index (χ0v) is 12.6. The van der Waals surface area contributed by atoms with Gasteiger partial charge >= 0.3 is 0 Å². The Bertz CT molecular complexity index is 316. The Morgan fingerprint density at radius 1 is 1.17 bits per heavy atom. The molecular formula is C15H26NOP. The van der Waals surface area contributed by atoms with Crippen LogP contribution in [-0.4, -0.2) is 30.5 Å². The molecule has 1 aromatic carbocycles. The van der Waals surface area contributed by atoms with E-state index in [2.05, 4.69) is 52.7 Å². The molecule has 1 rings (SSSR count). The molecule has 0 amide bonds. The van der Waals surface area contributed by atoms with E-state index in [1.165, 1.54) is 5.56 Å². The first-order valence-electron chi connectivity index (χ1n) is 6.76. The number of aliphatic hydroxyl groups excluding tert-OH is 1. The van der Waals surface area contributed by atoms with Crippen LogP contribution in [0.1, 0.15) is 19.4 Å². The van der Waals surface area contributed by atoms with Crippen molar-refractivity contribution < 1.29 is 5.11 Å². The number of rotatable bonds is 8. The van der Waals surface area contributed by atoms with Gasteiger partial charge in [0.1, 0.15) is 0 Å². The molecular weight excluding hydrogens is 241 g/mol. The molecule has 0 heterocycles. The lowest BCUT2D eigenvalue weighted by Crippen LogP contribution is -2.36. The van der Waals surface area contributed by atoms with Crippen molar-refractivity contribution in [3.63, 3.8) is 0 Å². The molecule has 1 aromatic rings. The maximum Gasteiger partial charge on any atom is 0.0699 e. The molecule has 3 heteroatoms. The van der Waals surface area contributed by atoms with Crippen molar-refractivity contribution in [3.05, 3.63) is 35.9 Å². The molecule has 2 unspecified atom stereocenters. The predicted octanol–water partition coefficient (Wildman–Crippen LogP) is 2.33. The van der Waals surface area contributed by atoms with Crippen LogP contribution in [0.3, 0.4) is 0 Å². The lowest BCUT2D eigenvalue weighted by Gasteiger charge is -2.22. The maximum absolute atomic E-state index is 10.2. The third-order valence-electron chi connectivity index (χ3n) is 3.09. The summed E-state index contributed by atoms with van der Waals surface area (Å²) in [7, 11) is 2.75. The van der Waals surface area contributed by atoms with Gasteiger partial charge in [0.15, 0.2) is 0 Å². The molecule has 102 valence electrons. The standard InChI is InChI=1S/C15H26NOP/c1-12(2)9-16-10-15(17)14(11-18)8-13-6-4-3-5-7-13/h3-7,12,14-17H,8-11,18H2,1-2H3/t14?,15-/m1/s1. The van der Waals surface area contributed by atoms with Crippen LogP contribution in [0.25, 0.3) is 0 Å². The highest BCUT2D eigenvalue weighted by Gasteiger charge is 2.17. The van der Waals surface area contributed by atoms with Gasteiger partial charge in [-0.25, -0.2) is 0 Å². The van der Waals surface area contributed by atoms with Crippen LogP contribution < -0.4 is 5.32 Å².